The van der Waals surface area contributed by atoms with Gasteiger partial charge in [0.25, 0.3) is 5.91 Å². The Morgan fingerprint density at radius 3 is 2.76 bits per heavy atom. The summed E-state index contributed by atoms with van der Waals surface area (Å²) in [5, 5.41) is 13.1. The highest BCUT2D eigenvalue weighted by Gasteiger charge is 2.27. The van der Waals surface area contributed by atoms with Crippen LogP contribution in [0, 0.1) is 28.4 Å². The summed E-state index contributed by atoms with van der Waals surface area (Å²) in [7, 11) is 1.26. The van der Waals surface area contributed by atoms with Crippen LogP contribution in [0.1, 0.15) is 55.0 Å². The lowest BCUT2D eigenvalue weighted by atomic mass is 9.87. The van der Waals surface area contributed by atoms with Crippen LogP contribution in [0.25, 0.3) is 5.65 Å². The molecule has 1 amide bonds. The van der Waals surface area contributed by atoms with Gasteiger partial charge < -0.3 is 25.2 Å². The number of rotatable bonds is 10. The van der Waals surface area contributed by atoms with E-state index in [0.717, 1.165) is 36.2 Å². The van der Waals surface area contributed by atoms with Crippen LogP contribution in [-0.4, -0.2) is 27.4 Å². The number of hydrazine groups is 1. The van der Waals surface area contributed by atoms with E-state index in [2.05, 4.69) is 23.6 Å². The number of aromatic nitrogens is 2. The minimum absolute atomic E-state index is 0.136. The van der Waals surface area contributed by atoms with Crippen LogP contribution in [0.2, 0.25) is 0 Å². The molecule has 5 N–H and O–H groups in total. The van der Waals surface area contributed by atoms with Crippen LogP contribution < -0.4 is 21.6 Å². The molecule has 0 saturated heterocycles. The van der Waals surface area contributed by atoms with E-state index in [9.17, 15) is 18.8 Å². The molecule has 0 radical (unpaired) electrons. The van der Waals surface area contributed by atoms with E-state index in [-0.39, 0.29) is 23.6 Å². The highest BCUT2D eigenvalue weighted by atomic mass is 19.1. The molecule has 4 rings (SSSR count). The van der Waals surface area contributed by atoms with Crippen molar-refractivity contribution in [2.75, 3.05) is 7.11 Å². The molecule has 11 heteroatoms. The number of hydrogen-bond donors (Lipinski definition) is 3. The third kappa shape index (κ3) is 6.03. The number of nitriles is 1. The molecule has 1 aromatic carbocycles. The molecule has 2 aromatic heterocycles. The number of benzene rings is 1. The molecule has 0 aliphatic heterocycles. The fourth-order valence-corrected chi connectivity index (χ4v) is 4.24. The first-order valence-electron chi connectivity index (χ1n) is 12.2. The maximum absolute atomic E-state index is 14.3. The number of ether oxygens (including phenoxy) is 1. The molecule has 0 unspecified atom stereocenters. The SMILES string of the molecule is COc1ccc(F)c(CNC(=O)/C(N)=C/N(N)Cc2cn3cc(C4CC4)cc(CC(C)(C)C#N)c3n2)c1F. The Kier molecular flexibility index (Phi) is 7.55. The Morgan fingerprint density at radius 1 is 1.37 bits per heavy atom. The average molecular weight is 524 g/mol. The molecule has 0 atom stereocenters. The zero-order chi connectivity index (χ0) is 27.6. The van der Waals surface area contributed by atoms with Crippen molar-refractivity contribution >= 4 is 11.6 Å². The molecular formula is C27H31F2N7O2. The van der Waals surface area contributed by atoms with E-state index in [1.54, 1.807) is 0 Å². The Labute approximate surface area is 219 Å². The number of halogens is 2. The van der Waals surface area contributed by atoms with Gasteiger partial charge in [-0.2, -0.15) is 5.26 Å². The van der Waals surface area contributed by atoms with Crippen molar-refractivity contribution in [3.63, 3.8) is 0 Å². The van der Waals surface area contributed by atoms with E-state index < -0.39 is 29.5 Å². The smallest absolute Gasteiger partial charge is 0.268 e. The fraction of sp³-hybridized carbons (Fsp3) is 0.370. The minimum Gasteiger partial charge on any atom is -0.494 e. The number of fused-ring (bicyclic) bond motifs is 1. The number of nitrogens with one attached hydrogen (secondary N) is 1. The summed E-state index contributed by atoms with van der Waals surface area (Å²) in [6.45, 7) is 3.52. The summed E-state index contributed by atoms with van der Waals surface area (Å²) >= 11 is 0. The molecule has 9 nitrogen and oxygen atoms in total. The van der Waals surface area contributed by atoms with Gasteiger partial charge in [-0.1, -0.05) is 6.07 Å². The monoisotopic (exact) mass is 523 g/mol. The summed E-state index contributed by atoms with van der Waals surface area (Å²) in [4.78, 5) is 17.1. The van der Waals surface area contributed by atoms with E-state index in [1.807, 2.05) is 24.4 Å². The summed E-state index contributed by atoms with van der Waals surface area (Å²) in [6.07, 6.45) is 8.00. The van der Waals surface area contributed by atoms with Crippen molar-refractivity contribution in [2.24, 2.45) is 17.0 Å². The third-order valence-corrected chi connectivity index (χ3v) is 6.39. The lowest BCUT2D eigenvalue weighted by Gasteiger charge is -2.16. The number of amides is 1. The Balaban J connectivity index is 1.47. The van der Waals surface area contributed by atoms with Gasteiger partial charge in [-0.3, -0.25) is 4.79 Å². The number of carbonyl (C=O) groups is 1. The Morgan fingerprint density at radius 2 is 2.11 bits per heavy atom. The summed E-state index contributed by atoms with van der Waals surface area (Å²) in [5.74, 6) is 4.01. The maximum atomic E-state index is 14.3. The van der Waals surface area contributed by atoms with Crippen molar-refractivity contribution in [2.45, 2.75) is 52.1 Å². The van der Waals surface area contributed by atoms with Gasteiger partial charge in [0.1, 0.15) is 17.2 Å². The Hall–Kier alpha value is -4.17. The molecule has 1 aliphatic carbocycles. The van der Waals surface area contributed by atoms with Crippen LogP contribution in [-0.2, 0) is 24.3 Å². The van der Waals surface area contributed by atoms with Gasteiger partial charge in [0.2, 0.25) is 0 Å². The van der Waals surface area contributed by atoms with E-state index in [1.165, 1.54) is 23.9 Å². The van der Waals surface area contributed by atoms with Crippen molar-refractivity contribution in [3.8, 4) is 11.8 Å². The van der Waals surface area contributed by atoms with Crippen LogP contribution in [0.5, 0.6) is 5.75 Å². The van der Waals surface area contributed by atoms with Crippen LogP contribution >= 0.6 is 0 Å². The van der Waals surface area contributed by atoms with Crippen LogP contribution in [0.4, 0.5) is 8.78 Å². The molecule has 0 spiro atoms. The molecule has 200 valence electrons. The predicted molar refractivity (Wildman–Crippen MR) is 137 cm³/mol. The van der Waals surface area contributed by atoms with E-state index in [4.69, 9.17) is 21.3 Å². The van der Waals surface area contributed by atoms with Gasteiger partial charge >= 0.3 is 0 Å². The first-order chi connectivity index (χ1) is 18.0. The number of nitrogens with zero attached hydrogens (tertiary/aromatic N) is 4. The highest BCUT2D eigenvalue weighted by Crippen LogP contribution is 2.41. The normalized spacial score (nSPS) is 13.9. The zero-order valence-corrected chi connectivity index (χ0v) is 21.6. The van der Waals surface area contributed by atoms with E-state index in [0.29, 0.717) is 18.0 Å². The lowest BCUT2D eigenvalue weighted by molar-refractivity contribution is -0.117. The summed E-state index contributed by atoms with van der Waals surface area (Å²) in [6, 6.07) is 6.71. The number of carbonyl (C=O) groups excluding carboxylic acids is 1. The van der Waals surface area contributed by atoms with Crippen LogP contribution in [0.3, 0.4) is 0 Å². The number of imidazole rings is 1. The summed E-state index contributed by atoms with van der Waals surface area (Å²) in [5.41, 5.74) is 8.33. The molecule has 1 fully saturated rings. The Bertz CT molecular complexity index is 1440. The largest absolute Gasteiger partial charge is 0.494 e. The van der Waals surface area contributed by atoms with Crippen LogP contribution in [0.15, 0.2) is 42.5 Å². The molecule has 1 saturated carbocycles. The highest BCUT2D eigenvalue weighted by molar-refractivity contribution is 5.92. The third-order valence-electron chi connectivity index (χ3n) is 6.39. The standard InChI is InChI=1S/C27H31F2N7O2/c1-27(2,15-30)9-17-8-18(16-4-5-16)11-35-12-19(34-25(17)35)13-36(32)14-22(31)26(37)33-10-20-21(28)6-7-23(38-3)24(20)29/h6-8,11-12,14,16H,4-5,9-10,13,31-32H2,1-3H3,(H,33,37)/b22-14-. The van der Waals surface area contributed by atoms with Crippen molar-refractivity contribution < 1.29 is 18.3 Å². The molecular weight excluding hydrogens is 492 g/mol. The molecule has 3 aromatic rings. The first kappa shape index (κ1) is 26.9. The second-order valence-corrected chi connectivity index (χ2v) is 10.2. The zero-order valence-electron chi connectivity index (χ0n) is 21.6. The number of hydrogen-bond acceptors (Lipinski definition) is 7. The van der Waals surface area contributed by atoms with Gasteiger partial charge in [-0.05, 0) is 62.3 Å². The van der Waals surface area contributed by atoms with Gasteiger partial charge in [0, 0.05) is 30.7 Å². The molecule has 0 bridgehead atoms. The number of methoxy groups -OCH3 is 1. The predicted octanol–water partition coefficient (Wildman–Crippen LogP) is 3.38. The summed E-state index contributed by atoms with van der Waals surface area (Å²) < 4.78 is 35.2. The number of nitrogens with two attached hydrogens (primary N) is 2. The molecule has 2 heterocycles. The number of pyridine rings is 1. The first-order valence-corrected chi connectivity index (χ1v) is 12.2. The maximum Gasteiger partial charge on any atom is 0.268 e. The van der Waals surface area contributed by atoms with Gasteiger partial charge in [-0.15, -0.1) is 0 Å². The van der Waals surface area contributed by atoms with Gasteiger partial charge in [0.05, 0.1) is 30.8 Å². The second-order valence-electron chi connectivity index (χ2n) is 10.2. The van der Waals surface area contributed by atoms with Gasteiger partial charge in [0.15, 0.2) is 11.6 Å². The van der Waals surface area contributed by atoms with Crippen molar-refractivity contribution in [1.82, 2.24) is 19.7 Å². The lowest BCUT2D eigenvalue weighted by Crippen LogP contribution is -2.33. The quantitative estimate of drug-likeness (QED) is 0.211. The molecule has 38 heavy (non-hydrogen) atoms. The minimum atomic E-state index is -0.898. The molecule has 1 aliphatic rings. The van der Waals surface area contributed by atoms with Gasteiger partial charge in [-0.25, -0.2) is 19.6 Å². The topological polar surface area (TPSA) is 135 Å². The van der Waals surface area contributed by atoms with Crippen molar-refractivity contribution in [3.05, 3.63) is 76.5 Å². The fourth-order valence-electron chi connectivity index (χ4n) is 4.24. The van der Waals surface area contributed by atoms with Crippen molar-refractivity contribution in [1.29, 1.82) is 5.26 Å². The van der Waals surface area contributed by atoms with E-state index >= 15 is 0 Å². The average Bonchev–Trinajstić information content (AvgIpc) is 3.63. The second kappa shape index (κ2) is 10.7.